The Bertz CT molecular complexity index is 441. The lowest BCUT2D eigenvalue weighted by Gasteiger charge is -2.13. The van der Waals surface area contributed by atoms with Gasteiger partial charge in [0.15, 0.2) is 5.17 Å². The van der Waals surface area contributed by atoms with E-state index in [0.717, 1.165) is 23.7 Å². The van der Waals surface area contributed by atoms with E-state index in [1.807, 2.05) is 24.3 Å². The van der Waals surface area contributed by atoms with Gasteiger partial charge in [-0.1, -0.05) is 35.5 Å². The number of benzene rings is 1. The normalized spacial score (nSPS) is 16.5. The first-order chi connectivity index (χ1) is 10.2. The fourth-order valence-electron chi connectivity index (χ4n) is 2.46. The van der Waals surface area contributed by atoms with Gasteiger partial charge in [-0.3, -0.25) is 4.99 Å². The zero-order chi connectivity index (χ0) is 14.9. The summed E-state index contributed by atoms with van der Waals surface area (Å²) < 4.78 is 0. The molecule has 1 saturated heterocycles. The maximum atomic E-state index is 5.93. The van der Waals surface area contributed by atoms with Crippen LogP contribution >= 0.6 is 23.4 Å². The second-order valence-corrected chi connectivity index (χ2v) is 6.90. The van der Waals surface area contributed by atoms with Crippen LogP contribution < -0.4 is 5.73 Å². The Balaban J connectivity index is 1.56. The largest absolute Gasteiger partial charge is 0.379 e. The number of nitrogens with two attached hydrogens (primary N) is 1. The van der Waals surface area contributed by atoms with Gasteiger partial charge in [0, 0.05) is 17.3 Å². The number of thioether (sulfide) groups is 1. The van der Waals surface area contributed by atoms with Crippen LogP contribution in [0.2, 0.25) is 5.02 Å². The highest BCUT2D eigenvalue weighted by atomic mass is 35.5. The quantitative estimate of drug-likeness (QED) is 0.474. The molecule has 21 heavy (non-hydrogen) atoms. The average Bonchev–Trinajstić information content (AvgIpc) is 2.99. The highest BCUT2D eigenvalue weighted by Gasteiger charge is 2.10. The van der Waals surface area contributed by atoms with Crippen LogP contribution in [0.25, 0.3) is 0 Å². The lowest BCUT2D eigenvalue weighted by molar-refractivity contribution is 0.341. The maximum Gasteiger partial charge on any atom is 0.153 e. The van der Waals surface area contributed by atoms with Crippen molar-refractivity contribution in [3.63, 3.8) is 0 Å². The molecule has 3 nitrogen and oxygen atoms in total. The van der Waals surface area contributed by atoms with Crippen molar-refractivity contribution in [2.45, 2.75) is 25.7 Å². The summed E-state index contributed by atoms with van der Waals surface area (Å²) in [5.74, 6) is 1.06. The minimum absolute atomic E-state index is 0.713. The molecular formula is C16H24ClN3S. The maximum absolute atomic E-state index is 5.93. The van der Waals surface area contributed by atoms with Crippen LogP contribution in [0.1, 0.15) is 24.8 Å². The van der Waals surface area contributed by atoms with Crippen molar-refractivity contribution >= 4 is 28.5 Å². The summed E-state index contributed by atoms with van der Waals surface area (Å²) >= 11 is 7.54. The number of rotatable bonds is 7. The monoisotopic (exact) mass is 325 g/mol. The third-order valence-corrected chi connectivity index (χ3v) is 4.82. The summed E-state index contributed by atoms with van der Waals surface area (Å²) in [6.07, 6.45) is 4.83. The summed E-state index contributed by atoms with van der Waals surface area (Å²) in [6.45, 7) is 4.49. The lowest BCUT2D eigenvalue weighted by Crippen LogP contribution is -2.21. The van der Waals surface area contributed by atoms with Gasteiger partial charge in [-0.2, -0.15) is 0 Å². The molecule has 1 aliphatic rings. The summed E-state index contributed by atoms with van der Waals surface area (Å²) in [5.41, 5.74) is 7.18. The van der Waals surface area contributed by atoms with Crippen LogP contribution in [0.4, 0.5) is 0 Å². The van der Waals surface area contributed by atoms with E-state index in [2.05, 4.69) is 9.89 Å². The average molecular weight is 326 g/mol. The van der Waals surface area contributed by atoms with Gasteiger partial charge >= 0.3 is 0 Å². The van der Waals surface area contributed by atoms with E-state index in [9.17, 15) is 0 Å². The number of hydrogen-bond acceptors (Lipinski definition) is 3. The van der Waals surface area contributed by atoms with E-state index in [1.165, 1.54) is 44.5 Å². The van der Waals surface area contributed by atoms with Gasteiger partial charge in [0.05, 0.1) is 0 Å². The van der Waals surface area contributed by atoms with Crippen molar-refractivity contribution in [2.75, 3.05) is 31.9 Å². The van der Waals surface area contributed by atoms with Gasteiger partial charge < -0.3 is 10.6 Å². The highest BCUT2D eigenvalue weighted by Crippen LogP contribution is 2.11. The van der Waals surface area contributed by atoms with E-state index in [4.69, 9.17) is 17.3 Å². The smallest absolute Gasteiger partial charge is 0.153 e. The molecule has 0 radical (unpaired) electrons. The summed E-state index contributed by atoms with van der Waals surface area (Å²) in [6, 6.07) is 7.91. The summed E-state index contributed by atoms with van der Waals surface area (Å²) in [4.78, 5) is 6.96. The predicted molar refractivity (Wildman–Crippen MR) is 94.4 cm³/mol. The molecule has 0 saturated carbocycles. The molecular weight excluding hydrogens is 302 g/mol. The van der Waals surface area contributed by atoms with Crippen molar-refractivity contribution in [1.82, 2.24) is 4.90 Å². The Hall–Kier alpha value is -0.710. The molecule has 5 heteroatoms. The molecule has 0 spiro atoms. The molecule has 1 aromatic carbocycles. The van der Waals surface area contributed by atoms with Crippen molar-refractivity contribution in [3.05, 3.63) is 34.9 Å². The zero-order valence-corrected chi connectivity index (χ0v) is 14.0. The van der Waals surface area contributed by atoms with Crippen molar-refractivity contribution in [2.24, 2.45) is 10.7 Å². The number of hydrogen-bond donors (Lipinski definition) is 1. The first-order valence-electron chi connectivity index (χ1n) is 7.63. The van der Waals surface area contributed by atoms with Crippen molar-refractivity contribution < 1.29 is 0 Å². The number of aliphatic imine (C=N–C) groups is 1. The minimum Gasteiger partial charge on any atom is -0.379 e. The van der Waals surface area contributed by atoms with Crippen molar-refractivity contribution in [1.29, 1.82) is 0 Å². The zero-order valence-electron chi connectivity index (χ0n) is 12.4. The first-order valence-corrected chi connectivity index (χ1v) is 9.00. The van der Waals surface area contributed by atoms with E-state index in [0.29, 0.717) is 5.17 Å². The van der Waals surface area contributed by atoms with Crippen molar-refractivity contribution in [3.8, 4) is 0 Å². The first kappa shape index (κ1) is 16.7. The molecule has 0 amide bonds. The van der Waals surface area contributed by atoms with Crippen LogP contribution in [0.15, 0.2) is 29.3 Å². The fraction of sp³-hybridized carbons (Fsp3) is 0.562. The molecule has 1 heterocycles. The second-order valence-electron chi connectivity index (χ2n) is 5.35. The van der Waals surface area contributed by atoms with Crippen LogP contribution in [-0.2, 0) is 6.42 Å². The highest BCUT2D eigenvalue weighted by molar-refractivity contribution is 8.13. The Kier molecular flexibility index (Phi) is 7.41. The second kappa shape index (κ2) is 9.34. The van der Waals surface area contributed by atoms with E-state index < -0.39 is 0 Å². The van der Waals surface area contributed by atoms with Gasteiger partial charge in [-0.15, -0.1) is 0 Å². The van der Waals surface area contributed by atoms with Gasteiger partial charge in [0.2, 0.25) is 0 Å². The SMILES string of the molecule is NC(=NCCc1ccc(Cl)cc1)SCCCN1CCCC1. The Morgan fingerprint density at radius 3 is 2.67 bits per heavy atom. The molecule has 0 bridgehead atoms. The molecule has 0 unspecified atom stereocenters. The molecule has 2 N–H and O–H groups in total. The molecule has 116 valence electrons. The molecule has 1 aromatic rings. The molecule has 1 fully saturated rings. The summed E-state index contributed by atoms with van der Waals surface area (Å²) in [5, 5.41) is 1.49. The van der Waals surface area contributed by atoms with Gasteiger partial charge in [-0.05, 0) is 63.0 Å². The van der Waals surface area contributed by atoms with E-state index >= 15 is 0 Å². The molecule has 1 aliphatic heterocycles. The lowest BCUT2D eigenvalue weighted by atomic mass is 10.2. The van der Waals surface area contributed by atoms with E-state index in [-0.39, 0.29) is 0 Å². The van der Waals surface area contributed by atoms with Gasteiger partial charge in [-0.25, -0.2) is 0 Å². The molecule has 2 rings (SSSR count). The summed E-state index contributed by atoms with van der Waals surface area (Å²) in [7, 11) is 0. The van der Waals surface area contributed by atoms with Crippen LogP contribution in [0.3, 0.4) is 0 Å². The Labute approximate surface area is 136 Å². The standard InChI is InChI=1S/C16H24ClN3S/c17-15-6-4-14(5-7-15)8-9-19-16(18)21-13-3-12-20-10-1-2-11-20/h4-7H,1-3,8-13H2,(H2,18,19). The number of nitrogens with zero attached hydrogens (tertiary/aromatic N) is 2. The van der Waals surface area contributed by atoms with Crippen LogP contribution in [-0.4, -0.2) is 42.0 Å². The third-order valence-electron chi connectivity index (χ3n) is 3.65. The minimum atomic E-state index is 0.713. The predicted octanol–water partition coefficient (Wildman–Crippen LogP) is 3.42. The third kappa shape index (κ3) is 6.72. The number of amidine groups is 1. The molecule has 0 aromatic heterocycles. The van der Waals surface area contributed by atoms with Crippen LogP contribution in [0.5, 0.6) is 0 Å². The molecule has 0 atom stereocenters. The Morgan fingerprint density at radius 1 is 1.24 bits per heavy atom. The number of likely N-dealkylation sites (tertiary alicyclic amines) is 1. The van der Waals surface area contributed by atoms with Gasteiger partial charge in [0.1, 0.15) is 0 Å². The van der Waals surface area contributed by atoms with Gasteiger partial charge in [0.25, 0.3) is 0 Å². The fourth-order valence-corrected chi connectivity index (χ4v) is 3.25. The number of halogens is 1. The van der Waals surface area contributed by atoms with E-state index in [1.54, 1.807) is 11.8 Å². The molecule has 0 aliphatic carbocycles. The topological polar surface area (TPSA) is 41.6 Å². The Morgan fingerprint density at radius 2 is 1.95 bits per heavy atom. The van der Waals surface area contributed by atoms with Crippen LogP contribution in [0, 0.1) is 0 Å².